The van der Waals surface area contributed by atoms with Crippen molar-refractivity contribution in [1.29, 1.82) is 0 Å². The van der Waals surface area contributed by atoms with E-state index in [4.69, 9.17) is 33.7 Å². The molecule has 2 N–H and O–H groups in total. The van der Waals surface area contributed by atoms with Crippen LogP contribution in [0.3, 0.4) is 0 Å². The van der Waals surface area contributed by atoms with Crippen LogP contribution in [0.25, 0.3) is 0 Å². The van der Waals surface area contributed by atoms with Crippen LogP contribution in [-0.2, 0) is 13.2 Å². The smallest absolute Gasteiger partial charge is 0.119 e. The molecule has 0 saturated carbocycles. The molecule has 0 spiro atoms. The minimum atomic E-state index is 0.457. The highest BCUT2D eigenvalue weighted by molar-refractivity contribution is 6.42. The molecule has 0 aliphatic rings. The second-order valence-electron chi connectivity index (χ2n) is 5.69. The van der Waals surface area contributed by atoms with Crippen molar-refractivity contribution < 1.29 is 4.74 Å². The fourth-order valence-corrected chi connectivity index (χ4v) is 1.84. The van der Waals surface area contributed by atoms with Crippen LogP contribution in [-0.4, -0.2) is 0 Å². The molecule has 0 aliphatic heterocycles. The van der Waals surface area contributed by atoms with Crippen LogP contribution in [0, 0.1) is 5.92 Å². The van der Waals surface area contributed by atoms with Crippen LogP contribution < -0.4 is 10.5 Å². The van der Waals surface area contributed by atoms with Crippen LogP contribution in [0.5, 0.6) is 5.75 Å². The van der Waals surface area contributed by atoms with Crippen molar-refractivity contribution in [2.24, 2.45) is 11.7 Å². The molecule has 2 rings (SSSR count). The number of halogens is 2. The van der Waals surface area contributed by atoms with Gasteiger partial charge in [0.05, 0.1) is 10.0 Å². The van der Waals surface area contributed by atoms with Gasteiger partial charge in [-0.2, -0.15) is 0 Å². The zero-order valence-electron chi connectivity index (χ0n) is 20.0. The van der Waals surface area contributed by atoms with E-state index in [9.17, 15) is 0 Å². The standard InChI is InChI=1S/C14H13Cl2NO.C5H12.3C2H6/c15-13-6-3-11(7-14(13)16)9-18-12-4-1-10(8-17)2-5-12;1-4-5(2)3;3*1-2/h1-7H,8-9,17H2;5H,4H2,1-3H3;3*1-2H3. The van der Waals surface area contributed by atoms with E-state index in [0.717, 1.165) is 22.8 Å². The lowest BCUT2D eigenvalue weighted by molar-refractivity contribution is 0.306. The van der Waals surface area contributed by atoms with E-state index < -0.39 is 0 Å². The van der Waals surface area contributed by atoms with E-state index >= 15 is 0 Å². The number of hydrogen-bond donors (Lipinski definition) is 1. The molecule has 168 valence electrons. The van der Waals surface area contributed by atoms with Gasteiger partial charge in [-0.1, -0.05) is 110 Å². The fraction of sp³-hybridized carbons (Fsp3) is 0.520. The third kappa shape index (κ3) is 17.4. The van der Waals surface area contributed by atoms with Gasteiger partial charge in [-0.25, -0.2) is 0 Å². The quantitative estimate of drug-likeness (QED) is 0.499. The first-order valence-electron chi connectivity index (χ1n) is 10.8. The number of nitrogens with two attached hydrogens (primary N) is 1. The van der Waals surface area contributed by atoms with Crippen molar-refractivity contribution in [3.8, 4) is 5.75 Å². The average molecular weight is 445 g/mol. The summed E-state index contributed by atoms with van der Waals surface area (Å²) in [6, 6.07) is 13.2. The van der Waals surface area contributed by atoms with Gasteiger partial charge in [0.15, 0.2) is 0 Å². The van der Waals surface area contributed by atoms with E-state index in [1.165, 1.54) is 6.42 Å². The summed E-state index contributed by atoms with van der Waals surface area (Å²) in [6.07, 6.45) is 1.31. The minimum absolute atomic E-state index is 0.457. The van der Waals surface area contributed by atoms with Crippen molar-refractivity contribution in [3.63, 3.8) is 0 Å². The fourth-order valence-electron chi connectivity index (χ4n) is 1.52. The number of hydrogen-bond acceptors (Lipinski definition) is 2. The monoisotopic (exact) mass is 443 g/mol. The maximum Gasteiger partial charge on any atom is 0.119 e. The highest BCUT2D eigenvalue weighted by Crippen LogP contribution is 2.23. The van der Waals surface area contributed by atoms with Crippen LogP contribution in [0.1, 0.15) is 79.9 Å². The lowest BCUT2D eigenvalue weighted by Gasteiger charge is -2.07. The molecule has 2 aromatic rings. The van der Waals surface area contributed by atoms with E-state index in [1.54, 1.807) is 12.1 Å². The molecule has 0 radical (unpaired) electrons. The van der Waals surface area contributed by atoms with Crippen LogP contribution in [0.4, 0.5) is 0 Å². The second kappa shape index (κ2) is 23.1. The van der Waals surface area contributed by atoms with Crippen molar-refractivity contribution in [1.82, 2.24) is 0 Å². The average Bonchev–Trinajstić information content (AvgIpc) is 2.79. The van der Waals surface area contributed by atoms with E-state index in [2.05, 4.69) is 20.8 Å². The predicted molar refractivity (Wildman–Crippen MR) is 134 cm³/mol. The summed E-state index contributed by atoms with van der Waals surface area (Å²) in [5.41, 5.74) is 7.59. The van der Waals surface area contributed by atoms with Gasteiger partial charge in [-0.15, -0.1) is 0 Å². The zero-order chi connectivity index (χ0) is 23.2. The molecular weight excluding hydrogens is 401 g/mol. The molecule has 0 fully saturated rings. The summed E-state index contributed by atoms with van der Waals surface area (Å²) in [5.74, 6) is 1.69. The molecule has 0 atom stereocenters. The maximum absolute atomic E-state index is 5.93. The molecule has 0 unspecified atom stereocenters. The number of benzene rings is 2. The molecule has 0 aliphatic carbocycles. The normalized spacial score (nSPS) is 8.72. The first-order chi connectivity index (χ1) is 14.0. The molecule has 0 heterocycles. The van der Waals surface area contributed by atoms with E-state index in [0.29, 0.717) is 23.2 Å². The van der Waals surface area contributed by atoms with Gasteiger partial charge in [0.25, 0.3) is 0 Å². The van der Waals surface area contributed by atoms with Crippen LogP contribution >= 0.6 is 23.2 Å². The Hall–Kier alpha value is -1.22. The Morgan fingerprint density at radius 2 is 1.24 bits per heavy atom. The summed E-state index contributed by atoms with van der Waals surface area (Å²) in [6.45, 7) is 19.6. The van der Waals surface area contributed by atoms with Crippen molar-refractivity contribution in [2.45, 2.75) is 81.9 Å². The third-order valence-electron chi connectivity index (χ3n) is 3.37. The van der Waals surface area contributed by atoms with Gasteiger partial charge in [-0.05, 0) is 41.3 Å². The predicted octanol–water partition coefficient (Wildman–Crippen LogP) is 9.16. The summed E-state index contributed by atoms with van der Waals surface area (Å²) in [5, 5.41) is 1.09. The summed E-state index contributed by atoms with van der Waals surface area (Å²) >= 11 is 11.8. The van der Waals surface area contributed by atoms with Crippen molar-refractivity contribution in [3.05, 3.63) is 63.6 Å². The first kappa shape index (κ1) is 32.4. The molecule has 0 bridgehead atoms. The molecule has 0 aromatic heterocycles. The summed E-state index contributed by atoms with van der Waals surface area (Å²) < 4.78 is 5.64. The molecule has 0 saturated heterocycles. The number of rotatable bonds is 5. The molecular formula is C25H43Cl2NO. The Kier molecular flexibility index (Phi) is 25.8. The molecule has 2 nitrogen and oxygen atoms in total. The molecule has 2 aromatic carbocycles. The van der Waals surface area contributed by atoms with Gasteiger partial charge in [-0.3, -0.25) is 0 Å². The Labute approximate surface area is 190 Å². The Morgan fingerprint density at radius 1 is 0.793 bits per heavy atom. The second-order valence-corrected chi connectivity index (χ2v) is 6.50. The molecule has 0 amide bonds. The third-order valence-corrected chi connectivity index (χ3v) is 4.10. The van der Waals surface area contributed by atoms with E-state index in [1.807, 2.05) is 71.9 Å². The highest BCUT2D eigenvalue weighted by atomic mass is 35.5. The molecule has 4 heteroatoms. The zero-order valence-corrected chi connectivity index (χ0v) is 21.5. The van der Waals surface area contributed by atoms with Crippen LogP contribution in [0.15, 0.2) is 42.5 Å². The van der Waals surface area contributed by atoms with Gasteiger partial charge in [0.2, 0.25) is 0 Å². The highest BCUT2D eigenvalue weighted by Gasteiger charge is 2.01. The Morgan fingerprint density at radius 3 is 1.62 bits per heavy atom. The molecule has 29 heavy (non-hydrogen) atoms. The largest absolute Gasteiger partial charge is 0.489 e. The van der Waals surface area contributed by atoms with Gasteiger partial charge in [0, 0.05) is 6.54 Å². The van der Waals surface area contributed by atoms with E-state index in [-0.39, 0.29) is 0 Å². The van der Waals surface area contributed by atoms with Crippen molar-refractivity contribution in [2.75, 3.05) is 0 Å². The number of ether oxygens (including phenoxy) is 1. The van der Waals surface area contributed by atoms with Gasteiger partial charge < -0.3 is 10.5 Å². The van der Waals surface area contributed by atoms with Gasteiger partial charge >= 0.3 is 0 Å². The topological polar surface area (TPSA) is 35.2 Å². The Bertz CT molecular complexity index is 584. The summed E-state index contributed by atoms with van der Waals surface area (Å²) in [4.78, 5) is 0. The van der Waals surface area contributed by atoms with Gasteiger partial charge in [0.1, 0.15) is 12.4 Å². The SMILES string of the molecule is CC.CC.CC.CCC(C)C.NCc1ccc(OCc2ccc(Cl)c(Cl)c2)cc1. The lowest BCUT2D eigenvalue weighted by Crippen LogP contribution is -1.98. The summed E-state index contributed by atoms with van der Waals surface area (Å²) in [7, 11) is 0. The Balaban J connectivity index is -0.000000521. The first-order valence-corrected chi connectivity index (χ1v) is 11.6. The van der Waals surface area contributed by atoms with Crippen molar-refractivity contribution >= 4 is 23.2 Å². The lowest BCUT2D eigenvalue weighted by atomic mass is 10.2. The minimum Gasteiger partial charge on any atom is -0.489 e. The maximum atomic E-state index is 5.93. The van der Waals surface area contributed by atoms with Crippen LogP contribution in [0.2, 0.25) is 10.0 Å².